The third-order valence-corrected chi connectivity index (χ3v) is 7.59. The van der Waals surface area contributed by atoms with Crippen LogP contribution < -0.4 is 9.96 Å². The number of benzene rings is 4. The number of hydrogen-bond acceptors (Lipinski definition) is 7. The van der Waals surface area contributed by atoms with Gasteiger partial charge in [-0.3, -0.25) is 19.7 Å². The molecule has 0 aromatic heterocycles. The molecule has 208 valence electrons. The topological polar surface area (TPSA) is 102 Å². The third kappa shape index (κ3) is 4.11. The molecule has 0 saturated carbocycles. The van der Waals surface area contributed by atoms with E-state index in [9.17, 15) is 19.7 Å². The first kappa shape index (κ1) is 26.7. The molecule has 0 unspecified atom stereocenters. The summed E-state index contributed by atoms with van der Waals surface area (Å²) in [6.07, 6.45) is -2.12. The van der Waals surface area contributed by atoms with Gasteiger partial charge in [-0.1, -0.05) is 72.3 Å². The molecule has 2 amide bonds. The van der Waals surface area contributed by atoms with Gasteiger partial charge in [-0.15, -0.1) is 0 Å². The van der Waals surface area contributed by atoms with E-state index in [-0.39, 0.29) is 11.3 Å². The average Bonchev–Trinajstić information content (AvgIpc) is 3.41. The van der Waals surface area contributed by atoms with Gasteiger partial charge >= 0.3 is 6.09 Å². The Morgan fingerprint density at radius 3 is 2.34 bits per heavy atom. The summed E-state index contributed by atoms with van der Waals surface area (Å²) < 4.78 is 5.59. The largest absolute Gasteiger partial charge is 0.443 e. The van der Waals surface area contributed by atoms with Gasteiger partial charge in [-0.25, -0.2) is 14.8 Å². The van der Waals surface area contributed by atoms with Gasteiger partial charge in [0.2, 0.25) is 5.54 Å². The Labute approximate surface area is 240 Å². The first-order chi connectivity index (χ1) is 19.5. The van der Waals surface area contributed by atoms with E-state index >= 15 is 0 Å². The summed E-state index contributed by atoms with van der Waals surface area (Å²) in [5, 5.41) is 16.5. The zero-order valence-corrected chi connectivity index (χ0v) is 23.2. The lowest BCUT2D eigenvalue weighted by Crippen LogP contribution is -2.58. The Morgan fingerprint density at radius 1 is 0.976 bits per heavy atom. The maximum atomic E-state index is 14.7. The van der Waals surface area contributed by atoms with Crippen LogP contribution in [-0.2, 0) is 19.9 Å². The predicted molar refractivity (Wildman–Crippen MR) is 154 cm³/mol. The maximum Gasteiger partial charge on any atom is 0.421 e. The number of fused-ring (bicyclic) bond motifs is 3. The molecule has 1 fully saturated rings. The summed E-state index contributed by atoms with van der Waals surface area (Å²) in [4.78, 5) is 48.3. The van der Waals surface area contributed by atoms with Crippen LogP contribution in [0.1, 0.15) is 38.0 Å². The molecule has 9 nitrogen and oxygen atoms in total. The van der Waals surface area contributed by atoms with Crippen LogP contribution in [-0.4, -0.2) is 28.6 Å². The van der Waals surface area contributed by atoms with Crippen LogP contribution in [0.5, 0.6) is 0 Å². The zero-order valence-electron chi connectivity index (χ0n) is 22.5. The Hall–Kier alpha value is -4.47. The Bertz CT molecular complexity index is 1700. The van der Waals surface area contributed by atoms with Crippen LogP contribution in [0.2, 0.25) is 5.02 Å². The number of hydrogen-bond donors (Lipinski definition) is 0. The van der Waals surface area contributed by atoms with Crippen LogP contribution >= 0.6 is 11.6 Å². The molecule has 41 heavy (non-hydrogen) atoms. The summed E-state index contributed by atoms with van der Waals surface area (Å²) in [5.41, 5.74) is -1.61. The van der Waals surface area contributed by atoms with Crippen molar-refractivity contribution < 1.29 is 24.1 Å². The van der Waals surface area contributed by atoms with Crippen molar-refractivity contribution in [2.24, 2.45) is 0 Å². The second kappa shape index (κ2) is 9.57. The first-order valence-electron chi connectivity index (χ1n) is 13.0. The third-order valence-electron chi connectivity index (χ3n) is 7.33. The highest BCUT2D eigenvalue weighted by atomic mass is 35.5. The van der Waals surface area contributed by atoms with Crippen molar-refractivity contribution in [2.45, 2.75) is 44.1 Å². The lowest BCUT2D eigenvalue weighted by Gasteiger charge is -2.33. The van der Waals surface area contributed by atoms with Crippen LogP contribution in [0.4, 0.5) is 16.2 Å². The number of nitrogens with zero attached hydrogens (tertiary/aromatic N) is 3. The fourth-order valence-corrected chi connectivity index (χ4v) is 5.91. The molecule has 1 saturated heterocycles. The summed E-state index contributed by atoms with van der Waals surface area (Å²) >= 11 is 6.17. The summed E-state index contributed by atoms with van der Waals surface area (Å²) in [5.74, 6) is -0.840. The number of imide groups is 1. The highest BCUT2D eigenvalue weighted by Crippen LogP contribution is 2.57. The number of amides is 2. The van der Waals surface area contributed by atoms with E-state index in [0.29, 0.717) is 16.3 Å². The number of hydroxylamine groups is 1. The SMILES string of the molecule is CC(C)(C)OC(=O)N1C(=O)[C@]2(c3ccccc31)[C@@H]([N+](=O)[O-])[C@H](c1cccc3ccccc13)ON2c1ccc(Cl)cc1. The van der Waals surface area contributed by atoms with E-state index < -0.39 is 40.2 Å². The van der Waals surface area contributed by atoms with Gasteiger partial charge in [0.15, 0.2) is 6.10 Å². The highest BCUT2D eigenvalue weighted by Gasteiger charge is 2.74. The predicted octanol–water partition coefficient (Wildman–Crippen LogP) is 6.81. The minimum absolute atomic E-state index is 0.194. The van der Waals surface area contributed by atoms with Gasteiger partial charge in [0.05, 0.1) is 11.4 Å². The van der Waals surface area contributed by atoms with Gasteiger partial charge in [0, 0.05) is 15.5 Å². The fourth-order valence-electron chi connectivity index (χ4n) is 5.78. The molecule has 0 aliphatic carbocycles. The molecule has 6 rings (SSSR count). The molecular weight excluding hydrogens is 546 g/mol. The van der Waals surface area contributed by atoms with E-state index in [1.165, 1.54) is 5.06 Å². The number of rotatable bonds is 3. The van der Waals surface area contributed by atoms with Crippen LogP contribution in [0.15, 0.2) is 91.0 Å². The molecule has 0 N–H and O–H groups in total. The van der Waals surface area contributed by atoms with Crippen molar-refractivity contribution in [2.75, 3.05) is 9.96 Å². The molecule has 10 heteroatoms. The van der Waals surface area contributed by atoms with Crippen LogP contribution in [0.3, 0.4) is 0 Å². The second-order valence-electron chi connectivity index (χ2n) is 11.0. The number of nitro groups is 1. The quantitative estimate of drug-likeness (QED) is 0.197. The Kier molecular flexibility index (Phi) is 6.24. The number of carbonyl (C=O) groups is 2. The molecule has 2 heterocycles. The molecule has 4 aromatic rings. The highest BCUT2D eigenvalue weighted by molar-refractivity contribution is 6.30. The number of para-hydroxylation sites is 1. The maximum absolute atomic E-state index is 14.7. The van der Waals surface area contributed by atoms with Gasteiger partial charge in [-0.2, -0.15) is 0 Å². The van der Waals surface area contributed by atoms with Crippen molar-refractivity contribution in [1.29, 1.82) is 0 Å². The van der Waals surface area contributed by atoms with Crippen molar-refractivity contribution in [3.63, 3.8) is 0 Å². The standard InChI is InChI=1S/C31H26ClN3O6/c1-30(2,3)40-29(37)33-25-14-7-6-13-24(25)31(28(33)36)27(35(38)39)26(41-34(31)21-17-15-20(32)16-18-21)23-12-8-10-19-9-4-5-11-22(19)23/h4-18,26-27H,1-3H3/t26-,27-,31-/m0/s1. The number of ether oxygens (including phenoxy) is 1. The Balaban J connectivity index is 1.63. The lowest BCUT2D eigenvalue weighted by atomic mass is 9.79. The van der Waals surface area contributed by atoms with E-state index in [1.807, 2.05) is 30.3 Å². The van der Waals surface area contributed by atoms with Crippen LogP contribution in [0, 0.1) is 10.1 Å². The van der Waals surface area contributed by atoms with E-state index in [1.54, 1.807) is 81.4 Å². The zero-order chi connectivity index (χ0) is 29.1. The van der Waals surface area contributed by atoms with Gasteiger partial charge in [0.1, 0.15) is 5.60 Å². The number of anilines is 2. The van der Waals surface area contributed by atoms with Crippen molar-refractivity contribution in [3.05, 3.63) is 117 Å². The second-order valence-corrected chi connectivity index (χ2v) is 11.4. The average molecular weight is 572 g/mol. The molecule has 1 spiro atoms. The number of halogens is 1. The van der Waals surface area contributed by atoms with Gasteiger partial charge in [0.25, 0.3) is 11.9 Å². The minimum atomic E-state index is -2.05. The van der Waals surface area contributed by atoms with E-state index in [4.69, 9.17) is 21.2 Å². The van der Waals surface area contributed by atoms with E-state index in [0.717, 1.165) is 15.7 Å². The van der Waals surface area contributed by atoms with Crippen molar-refractivity contribution in [1.82, 2.24) is 0 Å². The minimum Gasteiger partial charge on any atom is -0.443 e. The van der Waals surface area contributed by atoms with E-state index in [2.05, 4.69) is 0 Å². The summed E-state index contributed by atoms with van der Waals surface area (Å²) in [6.45, 7) is 5.05. The summed E-state index contributed by atoms with van der Waals surface area (Å²) in [6, 6.07) is 24.3. The van der Waals surface area contributed by atoms with Gasteiger partial charge in [-0.05, 0) is 67.4 Å². The molecule has 0 bridgehead atoms. The van der Waals surface area contributed by atoms with Crippen molar-refractivity contribution >= 4 is 45.7 Å². The molecule has 0 radical (unpaired) electrons. The number of carbonyl (C=O) groups excluding carboxylic acids is 2. The molecule has 2 aliphatic rings. The summed E-state index contributed by atoms with van der Waals surface area (Å²) in [7, 11) is 0. The van der Waals surface area contributed by atoms with Gasteiger partial charge < -0.3 is 4.74 Å². The lowest BCUT2D eigenvalue weighted by molar-refractivity contribution is -0.535. The fraction of sp³-hybridized carbons (Fsp3) is 0.226. The van der Waals surface area contributed by atoms with Crippen molar-refractivity contribution in [3.8, 4) is 0 Å². The molecule has 4 aromatic carbocycles. The molecular formula is C31H26ClN3O6. The smallest absolute Gasteiger partial charge is 0.421 e. The molecule has 2 aliphatic heterocycles. The first-order valence-corrected chi connectivity index (χ1v) is 13.4. The monoisotopic (exact) mass is 571 g/mol. The normalized spacial score (nSPS) is 21.9. The Morgan fingerprint density at radius 2 is 1.63 bits per heavy atom. The molecule has 3 atom stereocenters. The van der Waals surface area contributed by atoms with Crippen LogP contribution in [0.25, 0.3) is 10.8 Å².